The lowest BCUT2D eigenvalue weighted by Crippen LogP contribution is -2.24. The first-order valence-corrected chi connectivity index (χ1v) is 7.13. The number of aryl methyl sites for hydroxylation is 3. The molecule has 0 atom stereocenters. The first kappa shape index (κ1) is 15.8. The summed E-state index contributed by atoms with van der Waals surface area (Å²) in [6.07, 6.45) is 1.65. The van der Waals surface area contributed by atoms with E-state index in [1.54, 1.807) is 6.21 Å². The molecule has 0 heterocycles. The molecule has 2 aromatic rings. The molecule has 0 spiro atoms. The standard InChI is InChI=1S/C18H20N2O2/c1-13-5-4-6-17(10-13)22-12-18(21)20-19-11-16-9-14(2)7-8-15(16)3/h4-11H,12H2,1-3H3,(H,20,21)/b19-11+. The van der Waals surface area contributed by atoms with Gasteiger partial charge < -0.3 is 4.74 Å². The Morgan fingerprint density at radius 2 is 1.91 bits per heavy atom. The number of carbonyl (C=O) groups excluding carboxylic acids is 1. The van der Waals surface area contributed by atoms with Crippen molar-refractivity contribution in [2.45, 2.75) is 20.8 Å². The van der Waals surface area contributed by atoms with Crippen LogP contribution in [0.25, 0.3) is 0 Å². The van der Waals surface area contributed by atoms with Crippen molar-refractivity contribution >= 4 is 12.1 Å². The zero-order valence-corrected chi connectivity index (χ0v) is 13.1. The average molecular weight is 296 g/mol. The van der Waals surface area contributed by atoms with Crippen LogP contribution in [-0.2, 0) is 4.79 Å². The van der Waals surface area contributed by atoms with E-state index in [0.717, 1.165) is 22.3 Å². The van der Waals surface area contributed by atoms with Gasteiger partial charge in [-0.05, 0) is 49.6 Å². The van der Waals surface area contributed by atoms with E-state index in [9.17, 15) is 4.79 Å². The van der Waals surface area contributed by atoms with E-state index in [1.807, 2.05) is 63.2 Å². The molecule has 0 aliphatic heterocycles. The van der Waals surface area contributed by atoms with Gasteiger partial charge >= 0.3 is 0 Å². The lowest BCUT2D eigenvalue weighted by Gasteiger charge is -2.05. The third kappa shape index (κ3) is 4.74. The monoisotopic (exact) mass is 296 g/mol. The van der Waals surface area contributed by atoms with Gasteiger partial charge in [-0.1, -0.05) is 35.9 Å². The van der Waals surface area contributed by atoms with Crippen LogP contribution in [0.2, 0.25) is 0 Å². The zero-order valence-electron chi connectivity index (χ0n) is 13.1. The Balaban J connectivity index is 1.85. The molecule has 0 aliphatic carbocycles. The minimum atomic E-state index is -0.289. The van der Waals surface area contributed by atoms with Crippen molar-refractivity contribution in [2.24, 2.45) is 5.10 Å². The SMILES string of the molecule is Cc1cccc(OCC(=O)N/N=C/c2cc(C)ccc2C)c1. The Labute approximate surface area is 130 Å². The molecule has 0 bridgehead atoms. The van der Waals surface area contributed by atoms with E-state index < -0.39 is 0 Å². The molecule has 4 heteroatoms. The number of hydrogen-bond donors (Lipinski definition) is 1. The number of hydrogen-bond acceptors (Lipinski definition) is 3. The molecule has 0 aliphatic rings. The molecule has 0 unspecified atom stereocenters. The molecule has 2 aromatic carbocycles. The fraction of sp³-hybridized carbons (Fsp3) is 0.222. The highest BCUT2D eigenvalue weighted by molar-refractivity contribution is 5.84. The third-order valence-corrected chi connectivity index (χ3v) is 3.19. The summed E-state index contributed by atoms with van der Waals surface area (Å²) in [6, 6.07) is 13.7. The van der Waals surface area contributed by atoms with E-state index in [2.05, 4.69) is 10.5 Å². The molecule has 0 radical (unpaired) electrons. The molecule has 0 aromatic heterocycles. The Morgan fingerprint density at radius 1 is 1.14 bits per heavy atom. The Kier molecular flexibility index (Phi) is 5.31. The van der Waals surface area contributed by atoms with Gasteiger partial charge in [0.1, 0.15) is 5.75 Å². The quantitative estimate of drug-likeness (QED) is 0.680. The van der Waals surface area contributed by atoms with Crippen molar-refractivity contribution < 1.29 is 9.53 Å². The maximum atomic E-state index is 11.7. The van der Waals surface area contributed by atoms with Crippen LogP contribution in [0.15, 0.2) is 47.6 Å². The molecule has 114 valence electrons. The van der Waals surface area contributed by atoms with Crippen LogP contribution < -0.4 is 10.2 Å². The van der Waals surface area contributed by atoms with Gasteiger partial charge in [0.05, 0.1) is 6.21 Å². The number of carbonyl (C=O) groups is 1. The largest absolute Gasteiger partial charge is 0.484 e. The number of nitrogens with zero attached hydrogens (tertiary/aromatic N) is 1. The van der Waals surface area contributed by atoms with Crippen molar-refractivity contribution in [1.82, 2.24) is 5.43 Å². The summed E-state index contributed by atoms with van der Waals surface area (Å²) in [6.45, 7) is 5.93. The van der Waals surface area contributed by atoms with E-state index >= 15 is 0 Å². The van der Waals surface area contributed by atoms with E-state index in [0.29, 0.717) is 5.75 Å². The Hall–Kier alpha value is -2.62. The van der Waals surface area contributed by atoms with Gasteiger partial charge in [-0.25, -0.2) is 5.43 Å². The van der Waals surface area contributed by atoms with E-state index in [-0.39, 0.29) is 12.5 Å². The second-order valence-corrected chi connectivity index (χ2v) is 5.26. The molecular weight excluding hydrogens is 276 g/mol. The molecule has 22 heavy (non-hydrogen) atoms. The lowest BCUT2D eigenvalue weighted by atomic mass is 10.1. The van der Waals surface area contributed by atoms with Crippen LogP contribution in [0.3, 0.4) is 0 Å². The van der Waals surface area contributed by atoms with Crippen LogP contribution in [0.1, 0.15) is 22.3 Å². The Bertz CT molecular complexity index is 693. The highest BCUT2D eigenvalue weighted by atomic mass is 16.5. The topological polar surface area (TPSA) is 50.7 Å². The number of hydrazone groups is 1. The van der Waals surface area contributed by atoms with Gasteiger partial charge in [-0.3, -0.25) is 4.79 Å². The summed E-state index contributed by atoms with van der Waals surface area (Å²) in [7, 11) is 0. The normalized spacial score (nSPS) is 10.7. The fourth-order valence-corrected chi connectivity index (χ4v) is 1.96. The molecule has 1 amide bonds. The second-order valence-electron chi connectivity index (χ2n) is 5.26. The summed E-state index contributed by atoms with van der Waals surface area (Å²) in [4.78, 5) is 11.7. The molecular formula is C18H20N2O2. The average Bonchev–Trinajstić information content (AvgIpc) is 2.49. The van der Waals surface area contributed by atoms with Crippen LogP contribution in [-0.4, -0.2) is 18.7 Å². The van der Waals surface area contributed by atoms with Crippen LogP contribution in [0.4, 0.5) is 0 Å². The molecule has 2 rings (SSSR count). The number of amides is 1. The van der Waals surface area contributed by atoms with Crippen LogP contribution >= 0.6 is 0 Å². The van der Waals surface area contributed by atoms with Gasteiger partial charge in [0.15, 0.2) is 6.61 Å². The minimum Gasteiger partial charge on any atom is -0.484 e. The number of ether oxygens (including phenoxy) is 1. The summed E-state index contributed by atoms with van der Waals surface area (Å²) in [5, 5.41) is 3.97. The summed E-state index contributed by atoms with van der Waals surface area (Å²) in [5.41, 5.74) is 6.81. The Morgan fingerprint density at radius 3 is 2.68 bits per heavy atom. The maximum absolute atomic E-state index is 11.7. The van der Waals surface area contributed by atoms with Gasteiger partial charge in [-0.15, -0.1) is 0 Å². The molecule has 1 N–H and O–H groups in total. The molecule has 0 fully saturated rings. The first-order valence-electron chi connectivity index (χ1n) is 7.13. The van der Waals surface area contributed by atoms with E-state index in [1.165, 1.54) is 0 Å². The van der Waals surface area contributed by atoms with Crippen molar-refractivity contribution in [1.29, 1.82) is 0 Å². The summed E-state index contributed by atoms with van der Waals surface area (Å²) < 4.78 is 5.41. The third-order valence-electron chi connectivity index (χ3n) is 3.19. The van der Waals surface area contributed by atoms with Crippen molar-refractivity contribution in [3.05, 3.63) is 64.7 Å². The minimum absolute atomic E-state index is 0.0619. The smallest absolute Gasteiger partial charge is 0.277 e. The zero-order chi connectivity index (χ0) is 15.9. The predicted molar refractivity (Wildman–Crippen MR) is 88.3 cm³/mol. The fourth-order valence-electron chi connectivity index (χ4n) is 1.96. The number of rotatable bonds is 5. The predicted octanol–water partition coefficient (Wildman–Crippen LogP) is 3.14. The van der Waals surface area contributed by atoms with Crippen molar-refractivity contribution in [3.8, 4) is 5.75 Å². The highest BCUT2D eigenvalue weighted by Crippen LogP contribution is 2.12. The van der Waals surface area contributed by atoms with Crippen LogP contribution in [0, 0.1) is 20.8 Å². The lowest BCUT2D eigenvalue weighted by molar-refractivity contribution is -0.123. The highest BCUT2D eigenvalue weighted by Gasteiger charge is 2.01. The van der Waals surface area contributed by atoms with Gasteiger partial charge in [-0.2, -0.15) is 5.10 Å². The molecule has 0 saturated heterocycles. The molecule has 0 saturated carbocycles. The maximum Gasteiger partial charge on any atom is 0.277 e. The van der Waals surface area contributed by atoms with Gasteiger partial charge in [0.2, 0.25) is 0 Å². The van der Waals surface area contributed by atoms with Gasteiger partial charge in [0.25, 0.3) is 5.91 Å². The van der Waals surface area contributed by atoms with Crippen molar-refractivity contribution in [2.75, 3.05) is 6.61 Å². The second kappa shape index (κ2) is 7.41. The number of benzene rings is 2. The molecule has 4 nitrogen and oxygen atoms in total. The van der Waals surface area contributed by atoms with Gasteiger partial charge in [0, 0.05) is 0 Å². The van der Waals surface area contributed by atoms with E-state index in [4.69, 9.17) is 4.74 Å². The number of nitrogens with one attached hydrogen (secondary N) is 1. The first-order chi connectivity index (χ1) is 10.5. The summed E-state index contributed by atoms with van der Waals surface area (Å²) in [5.74, 6) is 0.386. The van der Waals surface area contributed by atoms with Crippen molar-refractivity contribution in [3.63, 3.8) is 0 Å². The van der Waals surface area contributed by atoms with Crippen LogP contribution in [0.5, 0.6) is 5.75 Å². The summed E-state index contributed by atoms with van der Waals surface area (Å²) >= 11 is 0.